The first-order valence-corrected chi connectivity index (χ1v) is 8.38. The van der Waals surface area contributed by atoms with Crippen molar-refractivity contribution >= 4 is 23.7 Å². The number of alkyl carbamates (subject to hydrolysis) is 1. The molecular weight excluding hydrogens is 328 g/mol. The molecule has 9 heteroatoms. The third-order valence-electron chi connectivity index (χ3n) is 3.47. The average molecular weight is 356 g/mol. The lowest BCUT2D eigenvalue weighted by Gasteiger charge is -2.27. The fourth-order valence-corrected chi connectivity index (χ4v) is 2.26. The number of ketones is 1. The number of hydrogen-bond acceptors (Lipinski definition) is 6. The third-order valence-corrected chi connectivity index (χ3v) is 3.47. The molecule has 2 atom stereocenters. The Hall–Kier alpha value is -2.16. The molecule has 0 aromatic heterocycles. The molecule has 0 bridgehead atoms. The molecule has 0 aromatic carbocycles. The predicted molar refractivity (Wildman–Crippen MR) is 90.3 cm³/mol. The van der Waals surface area contributed by atoms with E-state index >= 15 is 0 Å². The number of carbonyl (C=O) groups excluding carboxylic acids is 4. The van der Waals surface area contributed by atoms with Crippen LogP contribution < -0.4 is 21.5 Å². The Morgan fingerprint density at radius 1 is 1.24 bits per heavy atom. The minimum absolute atomic E-state index is 0.230. The number of nitrogens with one attached hydrogen (secondary N) is 4. The number of rotatable bonds is 4. The molecule has 1 heterocycles. The molecule has 1 fully saturated rings. The molecule has 3 amide bonds. The molecule has 1 saturated heterocycles. The highest BCUT2D eigenvalue weighted by Crippen LogP contribution is 2.10. The first-order valence-electron chi connectivity index (χ1n) is 8.38. The quantitative estimate of drug-likeness (QED) is 0.526. The van der Waals surface area contributed by atoms with Gasteiger partial charge in [0.2, 0.25) is 11.7 Å². The van der Waals surface area contributed by atoms with Crippen LogP contribution in [0.4, 0.5) is 4.79 Å². The summed E-state index contributed by atoms with van der Waals surface area (Å²) < 4.78 is 5.16. The number of amides is 3. The Morgan fingerprint density at radius 2 is 1.88 bits per heavy atom. The van der Waals surface area contributed by atoms with Crippen molar-refractivity contribution in [1.29, 1.82) is 0 Å². The van der Waals surface area contributed by atoms with Crippen LogP contribution in [0.1, 0.15) is 47.5 Å². The van der Waals surface area contributed by atoms with Crippen molar-refractivity contribution < 1.29 is 23.9 Å². The van der Waals surface area contributed by atoms with Crippen molar-refractivity contribution in [3.8, 4) is 0 Å². The molecular formula is C16H28N4O5. The smallest absolute Gasteiger partial charge is 0.408 e. The molecule has 0 spiro atoms. The van der Waals surface area contributed by atoms with E-state index in [4.69, 9.17) is 4.74 Å². The summed E-state index contributed by atoms with van der Waals surface area (Å²) in [4.78, 5) is 48.1. The Morgan fingerprint density at radius 3 is 2.44 bits per heavy atom. The van der Waals surface area contributed by atoms with Crippen LogP contribution in [0.15, 0.2) is 0 Å². The third kappa shape index (κ3) is 7.08. The first kappa shape index (κ1) is 20.9. The zero-order valence-electron chi connectivity index (χ0n) is 15.4. The van der Waals surface area contributed by atoms with Gasteiger partial charge in [0.15, 0.2) is 0 Å². The van der Waals surface area contributed by atoms with Crippen LogP contribution in [0.25, 0.3) is 0 Å². The van der Waals surface area contributed by atoms with E-state index in [-0.39, 0.29) is 5.92 Å². The topological polar surface area (TPSA) is 126 Å². The maximum absolute atomic E-state index is 12.5. The van der Waals surface area contributed by atoms with Gasteiger partial charge in [0, 0.05) is 6.54 Å². The van der Waals surface area contributed by atoms with Crippen molar-refractivity contribution in [3.63, 3.8) is 0 Å². The summed E-state index contributed by atoms with van der Waals surface area (Å²) >= 11 is 0. The summed E-state index contributed by atoms with van der Waals surface area (Å²) in [6.07, 6.45) is 0.220. The average Bonchev–Trinajstić information content (AvgIpc) is 2.46. The summed E-state index contributed by atoms with van der Waals surface area (Å²) in [5.41, 5.74) is 4.20. The van der Waals surface area contributed by atoms with Gasteiger partial charge in [-0.1, -0.05) is 13.8 Å². The lowest BCUT2D eigenvalue weighted by molar-refractivity contribution is -0.141. The zero-order valence-corrected chi connectivity index (χ0v) is 15.4. The van der Waals surface area contributed by atoms with Gasteiger partial charge in [0.05, 0.1) is 6.04 Å². The van der Waals surface area contributed by atoms with Crippen LogP contribution in [0.2, 0.25) is 0 Å². The van der Waals surface area contributed by atoms with Gasteiger partial charge in [-0.15, -0.1) is 0 Å². The molecule has 142 valence electrons. The van der Waals surface area contributed by atoms with Gasteiger partial charge in [0.1, 0.15) is 11.6 Å². The van der Waals surface area contributed by atoms with E-state index in [0.717, 1.165) is 0 Å². The monoisotopic (exact) mass is 356 g/mol. The summed E-state index contributed by atoms with van der Waals surface area (Å²) in [6, 6.07) is -1.80. The molecule has 0 saturated carbocycles. The van der Waals surface area contributed by atoms with Crippen LogP contribution in [0, 0.1) is 5.92 Å². The van der Waals surface area contributed by atoms with Crippen molar-refractivity contribution in [3.05, 3.63) is 0 Å². The highest BCUT2D eigenvalue weighted by atomic mass is 16.6. The lowest BCUT2D eigenvalue weighted by atomic mass is 10.0. The second-order valence-electron chi connectivity index (χ2n) is 7.32. The van der Waals surface area contributed by atoms with E-state index < -0.39 is 41.4 Å². The molecule has 25 heavy (non-hydrogen) atoms. The molecule has 2 unspecified atom stereocenters. The molecule has 1 aliphatic heterocycles. The SMILES string of the molecule is CC(C)C(NC(=O)OC(C)(C)C)C(=O)NC1CCCNNC(=O)C1=O. The highest BCUT2D eigenvalue weighted by molar-refractivity contribution is 6.38. The number of Topliss-reactive ketones (excluding diaryl/α,β-unsaturated/α-hetero) is 1. The molecule has 9 nitrogen and oxygen atoms in total. The van der Waals surface area contributed by atoms with E-state index in [2.05, 4.69) is 21.5 Å². The number of hydrogen-bond donors (Lipinski definition) is 4. The second kappa shape index (κ2) is 8.80. The van der Waals surface area contributed by atoms with Gasteiger partial charge < -0.3 is 15.4 Å². The normalized spacial score (nSPS) is 20.2. The second-order valence-corrected chi connectivity index (χ2v) is 7.32. The minimum Gasteiger partial charge on any atom is -0.444 e. The molecule has 1 rings (SSSR count). The number of ether oxygens (including phenoxy) is 1. The maximum atomic E-state index is 12.5. The largest absolute Gasteiger partial charge is 0.444 e. The van der Waals surface area contributed by atoms with E-state index in [0.29, 0.717) is 19.4 Å². The zero-order chi connectivity index (χ0) is 19.2. The predicted octanol–water partition coefficient (Wildman–Crippen LogP) is 0.00420. The summed E-state index contributed by atoms with van der Waals surface area (Å²) in [5.74, 6) is -2.28. The fraction of sp³-hybridized carbons (Fsp3) is 0.750. The van der Waals surface area contributed by atoms with Crippen molar-refractivity contribution in [1.82, 2.24) is 21.5 Å². The van der Waals surface area contributed by atoms with Crippen LogP contribution in [0.3, 0.4) is 0 Å². The van der Waals surface area contributed by atoms with Crippen molar-refractivity contribution in [2.24, 2.45) is 5.92 Å². The van der Waals surface area contributed by atoms with Gasteiger partial charge in [-0.25, -0.2) is 10.2 Å². The summed E-state index contributed by atoms with van der Waals surface area (Å²) in [5, 5.41) is 5.09. The summed E-state index contributed by atoms with van der Waals surface area (Å²) in [7, 11) is 0. The fourth-order valence-electron chi connectivity index (χ4n) is 2.26. The van der Waals surface area contributed by atoms with Crippen molar-refractivity contribution in [2.45, 2.75) is 65.1 Å². The minimum atomic E-state index is -0.920. The lowest BCUT2D eigenvalue weighted by Crippen LogP contribution is -2.57. The molecule has 0 radical (unpaired) electrons. The Kier molecular flexibility index (Phi) is 7.35. The standard InChI is InChI=1S/C16H28N4O5/c1-9(2)11(19-15(24)25-16(3,4)5)13(22)18-10-7-6-8-17-20-14(23)12(10)21/h9-11,17H,6-8H2,1-5H3,(H,18,22)(H,19,24)(H,20,23). The van der Waals surface area contributed by atoms with Crippen LogP contribution >= 0.6 is 0 Å². The molecule has 4 N–H and O–H groups in total. The van der Waals surface area contributed by atoms with Gasteiger partial charge in [-0.2, -0.15) is 0 Å². The molecule has 1 aliphatic rings. The van der Waals surface area contributed by atoms with Gasteiger partial charge in [-0.05, 0) is 39.5 Å². The van der Waals surface area contributed by atoms with E-state index in [9.17, 15) is 19.2 Å². The Balaban J connectivity index is 2.76. The molecule has 0 aromatic rings. The summed E-state index contributed by atoms with van der Waals surface area (Å²) in [6.45, 7) is 9.18. The number of carbonyl (C=O) groups is 4. The van der Waals surface area contributed by atoms with Crippen LogP contribution in [-0.2, 0) is 19.1 Å². The van der Waals surface area contributed by atoms with Gasteiger partial charge in [0.25, 0.3) is 0 Å². The maximum Gasteiger partial charge on any atom is 0.408 e. The van der Waals surface area contributed by atoms with E-state index in [1.807, 2.05) is 0 Å². The molecule has 0 aliphatic carbocycles. The van der Waals surface area contributed by atoms with Crippen molar-refractivity contribution in [2.75, 3.05) is 6.54 Å². The highest BCUT2D eigenvalue weighted by Gasteiger charge is 2.32. The Bertz CT molecular complexity index is 527. The number of hydrazine groups is 1. The van der Waals surface area contributed by atoms with E-state index in [1.165, 1.54) is 0 Å². The van der Waals surface area contributed by atoms with E-state index in [1.54, 1.807) is 34.6 Å². The van der Waals surface area contributed by atoms with Gasteiger partial charge in [-0.3, -0.25) is 19.8 Å². The van der Waals surface area contributed by atoms with Crippen LogP contribution in [0.5, 0.6) is 0 Å². The van der Waals surface area contributed by atoms with Gasteiger partial charge >= 0.3 is 12.0 Å². The van der Waals surface area contributed by atoms with Crippen LogP contribution in [-0.4, -0.2) is 47.9 Å². The Labute approximate surface area is 147 Å². The first-order chi connectivity index (χ1) is 11.5.